The Labute approximate surface area is 170 Å². The molecule has 4 rings (SSSR count). The van der Waals surface area contributed by atoms with E-state index in [0.29, 0.717) is 40.4 Å². The lowest BCUT2D eigenvalue weighted by molar-refractivity contribution is -0.115. The van der Waals surface area contributed by atoms with Gasteiger partial charge in [-0.3, -0.25) is 4.79 Å². The average Bonchev–Trinajstić information content (AvgIpc) is 2.96. The maximum atomic E-state index is 13.1. The molecule has 1 aliphatic heterocycles. The molecule has 3 aromatic rings. The third-order valence-electron chi connectivity index (χ3n) is 4.54. The quantitative estimate of drug-likeness (QED) is 0.632. The molecule has 1 aliphatic rings. The standard InChI is InChI=1S/C21H17FN2O4S/c1-12-17(24-28-20(12)13-2-5-15(22)6-3-13)11-27-21(26)14-4-7-18-16(10-14)23-19(25)8-9-29-18/h2-7,10H,8-9,11H2,1H3,(H,23,25). The van der Waals surface area contributed by atoms with Crippen molar-refractivity contribution >= 4 is 29.3 Å². The maximum Gasteiger partial charge on any atom is 0.338 e. The Morgan fingerprint density at radius 3 is 2.86 bits per heavy atom. The number of nitrogens with one attached hydrogen (secondary N) is 1. The highest BCUT2D eigenvalue weighted by Crippen LogP contribution is 2.32. The summed E-state index contributed by atoms with van der Waals surface area (Å²) in [6.45, 7) is 1.74. The first kappa shape index (κ1) is 19.2. The van der Waals surface area contributed by atoms with Gasteiger partial charge in [-0.25, -0.2) is 9.18 Å². The lowest BCUT2D eigenvalue weighted by Gasteiger charge is -2.09. The predicted molar refractivity (Wildman–Crippen MR) is 106 cm³/mol. The predicted octanol–water partition coefficient (Wildman–Crippen LogP) is 4.58. The van der Waals surface area contributed by atoms with E-state index in [1.807, 2.05) is 0 Å². The molecule has 1 N–H and O–H groups in total. The first-order chi connectivity index (χ1) is 14.0. The van der Waals surface area contributed by atoms with Crippen LogP contribution in [0.4, 0.5) is 10.1 Å². The number of amides is 1. The van der Waals surface area contributed by atoms with Crippen LogP contribution in [-0.2, 0) is 16.1 Å². The molecule has 0 unspecified atom stereocenters. The molecule has 8 heteroatoms. The zero-order chi connectivity index (χ0) is 20.4. The number of halogens is 1. The number of fused-ring (bicyclic) bond motifs is 1. The van der Waals surface area contributed by atoms with Gasteiger partial charge >= 0.3 is 5.97 Å². The third-order valence-corrected chi connectivity index (χ3v) is 5.62. The molecule has 2 aromatic carbocycles. The van der Waals surface area contributed by atoms with Gasteiger partial charge in [0.1, 0.15) is 18.1 Å². The Morgan fingerprint density at radius 1 is 1.28 bits per heavy atom. The van der Waals surface area contributed by atoms with Crippen LogP contribution in [0.25, 0.3) is 11.3 Å². The normalized spacial score (nSPS) is 13.4. The first-order valence-electron chi connectivity index (χ1n) is 8.96. The second kappa shape index (κ2) is 8.08. The highest BCUT2D eigenvalue weighted by molar-refractivity contribution is 7.99. The van der Waals surface area contributed by atoms with Crippen molar-refractivity contribution in [2.45, 2.75) is 24.8 Å². The molecule has 0 fully saturated rings. The van der Waals surface area contributed by atoms with Crippen molar-refractivity contribution in [3.8, 4) is 11.3 Å². The maximum absolute atomic E-state index is 13.1. The molecule has 0 aliphatic carbocycles. The molecule has 0 atom stereocenters. The Bertz CT molecular complexity index is 1080. The van der Waals surface area contributed by atoms with E-state index in [9.17, 15) is 14.0 Å². The van der Waals surface area contributed by atoms with Gasteiger partial charge in [0.15, 0.2) is 5.76 Å². The van der Waals surface area contributed by atoms with Crippen molar-refractivity contribution in [1.29, 1.82) is 0 Å². The molecule has 29 heavy (non-hydrogen) atoms. The van der Waals surface area contributed by atoms with Gasteiger partial charge in [-0.15, -0.1) is 11.8 Å². The molecule has 6 nitrogen and oxygen atoms in total. The number of anilines is 1. The average molecular weight is 412 g/mol. The summed E-state index contributed by atoms with van der Waals surface area (Å²) in [7, 11) is 0. The number of rotatable bonds is 4. The van der Waals surface area contributed by atoms with Gasteiger partial charge in [-0.1, -0.05) is 5.16 Å². The van der Waals surface area contributed by atoms with Gasteiger partial charge in [0.2, 0.25) is 5.91 Å². The molecule has 148 valence electrons. The molecular weight excluding hydrogens is 395 g/mol. The fourth-order valence-corrected chi connectivity index (χ4v) is 3.88. The number of hydrogen-bond donors (Lipinski definition) is 1. The molecule has 1 aromatic heterocycles. The topological polar surface area (TPSA) is 81.4 Å². The molecule has 0 saturated carbocycles. The zero-order valence-corrected chi connectivity index (χ0v) is 16.3. The van der Waals surface area contributed by atoms with Crippen molar-refractivity contribution in [2.24, 2.45) is 0 Å². The smallest absolute Gasteiger partial charge is 0.338 e. The van der Waals surface area contributed by atoms with Crippen LogP contribution in [0.1, 0.15) is 28.0 Å². The summed E-state index contributed by atoms with van der Waals surface area (Å²) in [5.41, 5.74) is 2.84. The van der Waals surface area contributed by atoms with E-state index in [1.54, 1.807) is 49.0 Å². The number of carbonyl (C=O) groups excluding carboxylic acids is 2. The van der Waals surface area contributed by atoms with Crippen LogP contribution in [-0.4, -0.2) is 22.8 Å². The summed E-state index contributed by atoms with van der Waals surface area (Å²) < 4.78 is 23.8. The second-order valence-electron chi connectivity index (χ2n) is 6.52. The van der Waals surface area contributed by atoms with Gasteiger partial charge in [0.25, 0.3) is 0 Å². The summed E-state index contributed by atoms with van der Waals surface area (Å²) in [5.74, 6) is 0.261. The van der Waals surface area contributed by atoms with Gasteiger partial charge in [0, 0.05) is 28.2 Å². The Balaban J connectivity index is 1.46. The van der Waals surface area contributed by atoms with Crippen LogP contribution in [0.3, 0.4) is 0 Å². The van der Waals surface area contributed by atoms with E-state index in [-0.39, 0.29) is 18.3 Å². The van der Waals surface area contributed by atoms with Gasteiger partial charge in [-0.2, -0.15) is 0 Å². The lowest BCUT2D eigenvalue weighted by atomic mass is 10.1. The second-order valence-corrected chi connectivity index (χ2v) is 7.66. The largest absolute Gasteiger partial charge is 0.455 e. The van der Waals surface area contributed by atoms with Gasteiger partial charge in [0.05, 0.1) is 11.3 Å². The van der Waals surface area contributed by atoms with E-state index >= 15 is 0 Å². The SMILES string of the molecule is Cc1c(COC(=O)c2ccc3c(c2)NC(=O)CCS3)noc1-c1ccc(F)cc1. The van der Waals surface area contributed by atoms with Crippen LogP contribution < -0.4 is 5.32 Å². The van der Waals surface area contributed by atoms with Gasteiger partial charge < -0.3 is 14.6 Å². The number of thioether (sulfide) groups is 1. The van der Waals surface area contributed by atoms with Crippen molar-refractivity contribution in [3.63, 3.8) is 0 Å². The minimum absolute atomic E-state index is 0.0619. The van der Waals surface area contributed by atoms with Crippen LogP contribution in [0.2, 0.25) is 0 Å². The van der Waals surface area contributed by atoms with Crippen molar-refractivity contribution in [1.82, 2.24) is 5.16 Å². The fraction of sp³-hybridized carbons (Fsp3) is 0.190. The summed E-state index contributed by atoms with van der Waals surface area (Å²) in [4.78, 5) is 25.1. The molecule has 0 spiro atoms. The van der Waals surface area contributed by atoms with E-state index in [2.05, 4.69) is 10.5 Å². The number of carbonyl (C=O) groups is 2. The van der Waals surface area contributed by atoms with E-state index in [1.165, 1.54) is 12.1 Å². The van der Waals surface area contributed by atoms with E-state index in [4.69, 9.17) is 9.26 Å². The van der Waals surface area contributed by atoms with Crippen LogP contribution in [0, 0.1) is 12.7 Å². The van der Waals surface area contributed by atoms with Crippen molar-refractivity contribution < 1.29 is 23.2 Å². The number of benzene rings is 2. The summed E-state index contributed by atoms with van der Waals surface area (Å²) in [6, 6.07) is 11.0. The number of nitrogens with zero attached hydrogens (tertiary/aromatic N) is 1. The Morgan fingerprint density at radius 2 is 2.07 bits per heavy atom. The van der Waals surface area contributed by atoms with Crippen LogP contribution >= 0.6 is 11.8 Å². The number of esters is 1. The Kier molecular flexibility index (Phi) is 5.35. The number of hydrogen-bond acceptors (Lipinski definition) is 6. The molecule has 0 saturated heterocycles. The summed E-state index contributed by atoms with van der Waals surface area (Å²) in [6.07, 6.45) is 0.431. The molecule has 2 heterocycles. The highest BCUT2D eigenvalue weighted by Gasteiger charge is 2.19. The first-order valence-corrected chi connectivity index (χ1v) is 9.95. The minimum Gasteiger partial charge on any atom is -0.455 e. The number of ether oxygens (including phenoxy) is 1. The molecule has 0 radical (unpaired) electrons. The van der Waals surface area contributed by atoms with Crippen molar-refractivity contribution in [3.05, 3.63) is 65.1 Å². The van der Waals surface area contributed by atoms with Crippen LogP contribution in [0.5, 0.6) is 0 Å². The minimum atomic E-state index is -0.526. The highest BCUT2D eigenvalue weighted by atomic mass is 32.2. The monoisotopic (exact) mass is 412 g/mol. The molecule has 1 amide bonds. The van der Waals surface area contributed by atoms with Crippen LogP contribution in [0.15, 0.2) is 51.9 Å². The van der Waals surface area contributed by atoms with E-state index in [0.717, 1.165) is 10.5 Å². The molecular formula is C21H17FN2O4S. The third kappa shape index (κ3) is 4.17. The summed E-state index contributed by atoms with van der Waals surface area (Å²) >= 11 is 1.57. The number of aromatic nitrogens is 1. The van der Waals surface area contributed by atoms with E-state index < -0.39 is 5.97 Å². The lowest BCUT2D eigenvalue weighted by Crippen LogP contribution is -2.11. The molecule has 0 bridgehead atoms. The van der Waals surface area contributed by atoms with Crippen molar-refractivity contribution in [2.75, 3.05) is 11.1 Å². The van der Waals surface area contributed by atoms with Gasteiger partial charge in [-0.05, 0) is 49.4 Å². The summed E-state index contributed by atoms with van der Waals surface area (Å²) in [5, 5.41) is 6.77. The fourth-order valence-electron chi connectivity index (χ4n) is 2.94. The Hall–Kier alpha value is -3.13. The zero-order valence-electron chi connectivity index (χ0n) is 15.5.